The van der Waals surface area contributed by atoms with Crippen molar-refractivity contribution >= 4 is 17.1 Å². The van der Waals surface area contributed by atoms with Gasteiger partial charge in [-0.25, -0.2) is 9.50 Å². The third kappa shape index (κ3) is 4.53. The number of nitriles is 1. The van der Waals surface area contributed by atoms with Crippen molar-refractivity contribution in [2.75, 3.05) is 18.0 Å². The van der Waals surface area contributed by atoms with Crippen molar-refractivity contribution in [1.82, 2.24) is 14.6 Å². The number of ether oxygens (including phenoxy) is 1. The van der Waals surface area contributed by atoms with Crippen LogP contribution in [0, 0.1) is 17.2 Å². The van der Waals surface area contributed by atoms with Crippen molar-refractivity contribution < 1.29 is 9.53 Å². The minimum atomic E-state index is 0.200. The van der Waals surface area contributed by atoms with E-state index in [2.05, 4.69) is 45.3 Å². The van der Waals surface area contributed by atoms with Gasteiger partial charge in [0.25, 0.3) is 0 Å². The standard InChI is InChI=1S/C28H25N5O2/c29-15-19-4-6-20(7-5-19)18-35-24-16-32(17-24)23-12-10-21(11-13-23)25-2-1-3-28-30-27(31-33(25)28)14-26(34)22-8-9-22/h1-7,10-13,22,24H,8-9,14,16-18H2. The topological polar surface area (TPSA) is 83.5 Å². The number of hydrogen-bond donors (Lipinski definition) is 0. The van der Waals surface area contributed by atoms with Crippen LogP contribution in [0.25, 0.3) is 16.9 Å². The zero-order valence-corrected chi connectivity index (χ0v) is 19.3. The van der Waals surface area contributed by atoms with E-state index in [4.69, 9.17) is 10.00 Å². The Labute approximate surface area is 203 Å². The molecule has 2 fully saturated rings. The number of pyridine rings is 1. The number of fused-ring (bicyclic) bond motifs is 1. The predicted molar refractivity (Wildman–Crippen MR) is 132 cm³/mol. The predicted octanol–water partition coefficient (Wildman–Crippen LogP) is 4.19. The number of anilines is 1. The van der Waals surface area contributed by atoms with E-state index in [1.165, 1.54) is 0 Å². The van der Waals surface area contributed by atoms with E-state index in [0.717, 1.165) is 54.1 Å². The maximum Gasteiger partial charge on any atom is 0.159 e. The van der Waals surface area contributed by atoms with Crippen LogP contribution in [0.4, 0.5) is 5.69 Å². The van der Waals surface area contributed by atoms with Crippen LogP contribution in [0.5, 0.6) is 0 Å². The average Bonchev–Trinajstić information content (AvgIpc) is 3.63. The smallest absolute Gasteiger partial charge is 0.159 e. The molecule has 0 N–H and O–H groups in total. The summed E-state index contributed by atoms with van der Waals surface area (Å²) in [5.74, 6) is 1.07. The number of carbonyl (C=O) groups is 1. The molecule has 0 bridgehead atoms. The molecule has 0 radical (unpaired) electrons. The highest BCUT2D eigenvalue weighted by Gasteiger charge is 2.30. The Morgan fingerprint density at radius 2 is 1.80 bits per heavy atom. The van der Waals surface area contributed by atoms with Gasteiger partial charge in [-0.3, -0.25) is 4.79 Å². The molecule has 1 aliphatic carbocycles. The van der Waals surface area contributed by atoms with Crippen molar-refractivity contribution in [2.45, 2.75) is 32.0 Å². The number of aromatic nitrogens is 3. The van der Waals surface area contributed by atoms with Gasteiger partial charge in [0.2, 0.25) is 0 Å². The fourth-order valence-corrected chi connectivity index (χ4v) is 4.44. The lowest BCUT2D eigenvalue weighted by Crippen LogP contribution is -2.52. The van der Waals surface area contributed by atoms with E-state index in [1.807, 2.05) is 47.0 Å². The monoisotopic (exact) mass is 463 g/mol. The summed E-state index contributed by atoms with van der Waals surface area (Å²) in [6.07, 6.45) is 2.52. The highest BCUT2D eigenvalue weighted by molar-refractivity contribution is 5.84. The number of rotatable bonds is 8. The second kappa shape index (κ2) is 8.97. The average molecular weight is 464 g/mol. The van der Waals surface area contributed by atoms with Crippen LogP contribution < -0.4 is 4.90 Å². The molecule has 6 rings (SSSR count). The fraction of sp³-hybridized carbons (Fsp3) is 0.286. The van der Waals surface area contributed by atoms with Crippen LogP contribution in [-0.2, 0) is 22.6 Å². The van der Waals surface area contributed by atoms with Gasteiger partial charge in [0, 0.05) is 30.3 Å². The van der Waals surface area contributed by atoms with Crippen LogP contribution in [0.15, 0.2) is 66.7 Å². The maximum atomic E-state index is 12.2. The molecule has 7 heteroatoms. The van der Waals surface area contributed by atoms with Gasteiger partial charge in [-0.15, -0.1) is 0 Å². The van der Waals surface area contributed by atoms with E-state index in [9.17, 15) is 4.79 Å². The number of nitrogens with zero attached hydrogens (tertiary/aromatic N) is 5. The van der Waals surface area contributed by atoms with E-state index in [1.54, 1.807) is 0 Å². The van der Waals surface area contributed by atoms with E-state index in [-0.39, 0.29) is 17.8 Å². The van der Waals surface area contributed by atoms with Gasteiger partial charge in [0.05, 0.1) is 36.5 Å². The molecule has 1 saturated carbocycles. The maximum absolute atomic E-state index is 12.2. The summed E-state index contributed by atoms with van der Waals surface area (Å²) in [7, 11) is 0. The molecule has 35 heavy (non-hydrogen) atoms. The summed E-state index contributed by atoms with van der Waals surface area (Å²) < 4.78 is 7.85. The lowest BCUT2D eigenvalue weighted by molar-refractivity contribution is -0.119. The number of carbonyl (C=O) groups excluding carboxylic acids is 1. The SMILES string of the molecule is N#Cc1ccc(COC2CN(c3ccc(-c4cccc5nc(CC(=O)C6CC6)nn45)cc3)C2)cc1. The number of Topliss-reactive ketones (excluding diaryl/α,β-unsaturated/α-hetero) is 1. The third-order valence-electron chi connectivity index (χ3n) is 6.71. The summed E-state index contributed by atoms with van der Waals surface area (Å²) in [6.45, 7) is 2.26. The molecule has 3 heterocycles. The number of hydrogen-bond acceptors (Lipinski definition) is 6. The Balaban J connectivity index is 1.08. The molecular formula is C28H25N5O2. The molecule has 2 aliphatic rings. The zero-order valence-electron chi connectivity index (χ0n) is 19.3. The Morgan fingerprint density at radius 1 is 1.03 bits per heavy atom. The van der Waals surface area contributed by atoms with Gasteiger partial charge in [0.1, 0.15) is 5.78 Å². The van der Waals surface area contributed by atoms with Crippen molar-refractivity contribution in [1.29, 1.82) is 5.26 Å². The molecule has 0 amide bonds. The van der Waals surface area contributed by atoms with E-state index < -0.39 is 0 Å². The molecule has 1 aliphatic heterocycles. The minimum Gasteiger partial charge on any atom is -0.370 e. The van der Waals surface area contributed by atoms with Crippen LogP contribution in [-0.4, -0.2) is 39.6 Å². The van der Waals surface area contributed by atoms with Crippen LogP contribution in [0.2, 0.25) is 0 Å². The highest BCUT2D eigenvalue weighted by Crippen LogP contribution is 2.31. The van der Waals surface area contributed by atoms with E-state index >= 15 is 0 Å². The van der Waals surface area contributed by atoms with Gasteiger partial charge in [-0.2, -0.15) is 10.4 Å². The van der Waals surface area contributed by atoms with Crippen molar-refractivity contribution in [3.05, 3.63) is 83.7 Å². The lowest BCUT2D eigenvalue weighted by Gasteiger charge is -2.40. The minimum absolute atomic E-state index is 0.200. The zero-order chi connectivity index (χ0) is 23.8. The normalized spacial score (nSPS) is 15.7. The van der Waals surface area contributed by atoms with Gasteiger partial charge >= 0.3 is 0 Å². The first kappa shape index (κ1) is 21.5. The van der Waals surface area contributed by atoms with Gasteiger partial charge in [-0.05, 0) is 54.8 Å². The van der Waals surface area contributed by atoms with Gasteiger partial charge < -0.3 is 9.64 Å². The summed E-state index contributed by atoms with van der Waals surface area (Å²) in [5, 5.41) is 13.5. The Kier molecular flexibility index (Phi) is 5.51. The molecule has 2 aromatic heterocycles. The highest BCUT2D eigenvalue weighted by atomic mass is 16.5. The molecule has 2 aromatic carbocycles. The third-order valence-corrected chi connectivity index (χ3v) is 6.71. The first-order valence-corrected chi connectivity index (χ1v) is 12.0. The molecule has 4 aromatic rings. The number of benzene rings is 2. The molecule has 0 spiro atoms. The lowest BCUT2D eigenvalue weighted by atomic mass is 10.1. The van der Waals surface area contributed by atoms with Crippen molar-refractivity contribution in [3.63, 3.8) is 0 Å². The molecular weight excluding hydrogens is 438 g/mol. The van der Waals surface area contributed by atoms with Crippen molar-refractivity contribution in [2.24, 2.45) is 5.92 Å². The quantitative estimate of drug-likeness (QED) is 0.390. The summed E-state index contributed by atoms with van der Waals surface area (Å²) in [5.41, 5.74) is 5.67. The summed E-state index contributed by atoms with van der Waals surface area (Å²) in [6, 6.07) is 24.0. The second-order valence-corrected chi connectivity index (χ2v) is 9.32. The Morgan fingerprint density at radius 3 is 2.51 bits per heavy atom. The first-order valence-electron chi connectivity index (χ1n) is 12.0. The molecule has 7 nitrogen and oxygen atoms in total. The largest absolute Gasteiger partial charge is 0.370 e. The Hall–Kier alpha value is -4.02. The fourth-order valence-electron chi connectivity index (χ4n) is 4.44. The van der Waals surface area contributed by atoms with Gasteiger partial charge in [-0.1, -0.05) is 30.3 Å². The van der Waals surface area contributed by atoms with Crippen molar-refractivity contribution in [3.8, 4) is 17.3 Å². The molecule has 0 atom stereocenters. The Bertz CT molecular complexity index is 1410. The van der Waals surface area contributed by atoms with Crippen LogP contribution in [0.1, 0.15) is 29.8 Å². The number of ketones is 1. The van der Waals surface area contributed by atoms with E-state index in [0.29, 0.717) is 24.4 Å². The summed E-state index contributed by atoms with van der Waals surface area (Å²) >= 11 is 0. The molecule has 1 saturated heterocycles. The van der Waals surface area contributed by atoms with Crippen LogP contribution in [0.3, 0.4) is 0 Å². The second-order valence-electron chi connectivity index (χ2n) is 9.32. The molecule has 0 unspecified atom stereocenters. The molecule has 174 valence electrons. The first-order chi connectivity index (χ1) is 17.2. The summed E-state index contributed by atoms with van der Waals surface area (Å²) in [4.78, 5) is 19.1. The van der Waals surface area contributed by atoms with Gasteiger partial charge in [0.15, 0.2) is 11.5 Å². The van der Waals surface area contributed by atoms with Crippen LogP contribution >= 0.6 is 0 Å².